The van der Waals surface area contributed by atoms with Gasteiger partial charge in [0.15, 0.2) is 5.65 Å². The van der Waals surface area contributed by atoms with Gasteiger partial charge in [-0.25, -0.2) is 0 Å². The van der Waals surface area contributed by atoms with Gasteiger partial charge in [0.25, 0.3) is 0 Å². The average Bonchev–Trinajstić information content (AvgIpc) is 2.81. The highest BCUT2D eigenvalue weighted by Crippen LogP contribution is 2.25. The number of nitrogens with zero attached hydrogens (tertiary/aromatic N) is 4. The maximum Gasteiger partial charge on any atom is 0.226 e. The predicted octanol–water partition coefficient (Wildman–Crippen LogP) is 3.19. The van der Waals surface area contributed by atoms with Gasteiger partial charge < -0.3 is 5.32 Å². The Morgan fingerprint density at radius 1 is 1.20 bits per heavy atom. The van der Waals surface area contributed by atoms with E-state index in [2.05, 4.69) is 39.4 Å². The van der Waals surface area contributed by atoms with Gasteiger partial charge in [0, 0.05) is 13.1 Å². The van der Waals surface area contributed by atoms with Crippen molar-refractivity contribution < 1.29 is 0 Å². The molecule has 3 rings (SSSR count). The quantitative estimate of drug-likeness (QED) is 0.752. The second kappa shape index (κ2) is 5.09. The summed E-state index contributed by atoms with van der Waals surface area (Å²) in [7, 11) is 1.83. The van der Waals surface area contributed by atoms with E-state index in [0.29, 0.717) is 11.5 Å². The number of halogens is 1. The smallest absolute Gasteiger partial charge is 0.226 e. The van der Waals surface area contributed by atoms with Crippen molar-refractivity contribution in [2.45, 2.75) is 13.0 Å². The summed E-state index contributed by atoms with van der Waals surface area (Å²) in [5.74, 6) is 0.699. The van der Waals surface area contributed by atoms with Gasteiger partial charge in [0.05, 0.1) is 11.6 Å². The molecule has 1 atom stereocenters. The monoisotopic (exact) mass is 287 g/mol. The van der Waals surface area contributed by atoms with E-state index in [1.54, 1.807) is 10.9 Å². The number of anilines is 1. The van der Waals surface area contributed by atoms with Crippen molar-refractivity contribution in [3.05, 3.63) is 47.4 Å². The molecule has 0 radical (unpaired) electrons. The number of fused-ring (bicyclic) bond motifs is 1. The first kappa shape index (κ1) is 12.9. The summed E-state index contributed by atoms with van der Waals surface area (Å²) in [4.78, 5) is 8.46. The third-order valence-electron chi connectivity index (χ3n) is 3.22. The van der Waals surface area contributed by atoms with Crippen LogP contribution in [0.25, 0.3) is 11.0 Å². The number of aromatic nitrogens is 4. The van der Waals surface area contributed by atoms with Crippen LogP contribution in [0.4, 0.5) is 5.82 Å². The highest BCUT2D eigenvalue weighted by molar-refractivity contribution is 6.28. The third kappa shape index (κ3) is 2.32. The molecular weight excluding hydrogens is 274 g/mol. The Labute approximate surface area is 121 Å². The van der Waals surface area contributed by atoms with Crippen molar-refractivity contribution in [2.75, 3.05) is 5.32 Å². The van der Waals surface area contributed by atoms with E-state index < -0.39 is 0 Å². The van der Waals surface area contributed by atoms with Crippen LogP contribution >= 0.6 is 11.6 Å². The SMILES string of the molecule is CC(Nc1nc(Cl)nc2c1cnn2C)c1ccccc1. The Balaban J connectivity index is 1.98. The molecule has 1 unspecified atom stereocenters. The van der Waals surface area contributed by atoms with Crippen LogP contribution in [0.3, 0.4) is 0 Å². The topological polar surface area (TPSA) is 55.6 Å². The number of hydrogen-bond donors (Lipinski definition) is 1. The van der Waals surface area contributed by atoms with Crippen LogP contribution in [-0.2, 0) is 7.05 Å². The average molecular weight is 288 g/mol. The minimum Gasteiger partial charge on any atom is -0.363 e. The van der Waals surface area contributed by atoms with Crippen LogP contribution in [0.2, 0.25) is 5.28 Å². The highest BCUT2D eigenvalue weighted by Gasteiger charge is 2.13. The second-order valence-corrected chi connectivity index (χ2v) is 4.96. The van der Waals surface area contributed by atoms with Gasteiger partial charge in [-0.05, 0) is 24.1 Å². The molecule has 0 aliphatic carbocycles. The van der Waals surface area contributed by atoms with E-state index in [1.807, 2.05) is 25.2 Å². The van der Waals surface area contributed by atoms with Gasteiger partial charge in [-0.3, -0.25) is 4.68 Å². The highest BCUT2D eigenvalue weighted by atomic mass is 35.5. The molecule has 2 aromatic heterocycles. The fourth-order valence-corrected chi connectivity index (χ4v) is 2.30. The molecule has 0 aliphatic heterocycles. The normalized spacial score (nSPS) is 12.6. The fraction of sp³-hybridized carbons (Fsp3) is 0.214. The summed E-state index contributed by atoms with van der Waals surface area (Å²) >= 11 is 5.98. The van der Waals surface area contributed by atoms with Gasteiger partial charge >= 0.3 is 0 Å². The molecule has 1 N–H and O–H groups in total. The van der Waals surface area contributed by atoms with Gasteiger partial charge in [0.2, 0.25) is 5.28 Å². The first-order valence-electron chi connectivity index (χ1n) is 6.32. The van der Waals surface area contributed by atoms with Gasteiger partial charge in [-0.15, -0.1) is 0 Å². The van der Waals surface area contributed by atoms with Gasteiger partial charge in [-0.2, -0.15) is 15.1 Å². The van der Waals surface area contributed by atoms with Gasteiger partial charge in [0.1, 0.15) is 5.82 Å². The Bertz CT molecular complexity index is 738. The third-order valence-corrected chi connectivity index (χ3v) is 3.39. The van der Waals surface area contributed by atoms with Crippen LogP contribution in [0, 0.1) is 0 Å². The number of hydrogen-bond acceptors (Lipinski definition) is 4. The molecule has 0 amide bonds. The zero-order valence-electron chi connectivity index (χ0n) is 11.2. The molecule has 102 valence electrons. The maximum absolute atomic E-state index is 5.98. The molecule has 0 aliphatic rings. The van der Waals surface area contributed by atoms with Crippen molar-refractivity contribution in [3.63, 3.8) is 0 Å². The predicted molar refractivity (Wildman–Crippen MR) is 79.8 cm³/mol. The van der Waals surface area contributed by atoms with Gasteiger partial charge in [-0.1, -0.05) is 30.3 Å². The van der Waals surface area contributed by atoms with Crippen molar-refractivity contribution in [3.8, 4) is 0 Å². The molecule has 1 aromatic carbocycles. The van der Waals surface area contributed by atoms with Crippen molar-refractivity contribution in [1.82, 2.24) is 19.7 Å². The lowest BCUT2D eigenvalue weighted by Gasteiger charge is -2.15. The Morgan fingerprint density at radius 3 is 2.70 bits per heavy atom. The molecule has 2 heterocycles. The van der Waals surface area contributed by atoms with Crippen LogP contribution in [0.5, 0.6) is 0 Å². The number of aryl methyl sites for hydroxylation is 1. The van der Waals surface area contributed by atoms with E-state index in [-0.39, 0.29) is 11.3 Å². The molecule has 0 bridgehead atoms. The summed E-state index contributed by atoms with van der Waals surface area (Å²) in [6.07, 6.45) is 1.74. The lowest BCUT2D eigenvalue weighted by molar-refractivity contribution is 0.785. The summed E-state index contributed by atoms with van der Waals surface area (Å²) < 4.78 is 1.68. The molecule has 3 aromatic rings. The second-order valence-electron chi connectivity index (χ2n) is 4.62. The van der Waals surface area contributed by atoms with Crippen LogP contribution in [0.15, 0.2) is 36.5 Å². The first-order valence-corrected chi connectivity index (χ1v) is 6.69. The van der Waals surface area contributed by atoms with Crippen molar-refractivity contribution >= 4 is 28.5 Å². The van der Waals surface area contributed by atoms with E-state index >= 15 is 0 Å². The van der Waals surface area contributed by atoms with Crippen LogP contribution in [-0.4, -0.2) is 19.7 Å². The Morgan fingerprint density at radius 2 is 1.95 bits per heavy atom. The number of rotatable bonds is 3. The molecule has 0 fully saturated rings. The van der Waals surface area contributed by atoms with E-state index in [0.717, 1.165) is 5.39 Å². The zero-order chi connectivity index (χ0) is 14.1. The van der Waals surface area contributed by atoms with Crippen LogP contribution in [0.1, 0.15) is 18.5 Å². The Kier molecular flexibility index (Phi) is 3.28. The molecule has 20 heavy (non-hydrogen) atoms. The molecule has 0 saturated heterocycles. The van der Waals surface area contributed by atoms with Crippen molar-refractivity contribution in [2.24, 2.45) is 7.05 Å². The summed E-state index contributed by atoms with van der Waals surface area (Å²) in [6.45, 7) is 2.08. The first-order chi connectivity index (χ1) is 9.65. The molecule has 0 saturated carbocycles. The molecule has 5 nitrogen and oxygen atoms in total. The Hall–Kier alpha value is -2.14. The van der Waals surface area contributed by atoms with E-state index in [9.17, 15) is 0 Å². The minimum atomic E-state index is 0.116. The minimum absolute atomic E-state index is 0.116. The maximum atomic E-state index is 5.98. The summed E-state index contributed by atoms with van der Waals surface area (Å²) in [5.41, 5.74) is 1.90. The number of nitrogens with one attached hydrogen (secondary N) is 1. The van der Waals surface area contributed by atoms with E-state index in [4.69, 9.17) is 11.6 Å². The lowest BCUT2D eigenvalue weighted by atomic mass is 10.1. The zero-order valence-corrected chi connectivity index (χ0v) is 12.0. The molecule has 6 heteroatoms. The molecule has 0 spiro atoms. The summed E-state index contributed by atoms with van der Waals surface area (Å²) in [6, 6.07) is 10.3. The fourth-order valence-electron chi connectivity index (χ4n) is 2.14. The molecular formula is C14H14ClN5. The standard InChI is InChI=1S/C14H14ClN5/c1-9(10-6-4-3-5-7-10)17-12-11-8-16-20(2)13(11)19-14(15)18-12/h3-9H,1-2H3,(H,17,18,19). The van der Waals surface area contributed by atoms with Crippen LogP contribution < -0.4 is 5.32 Å². The van der Waals surface area contributed by atoms with E-state index in [1.165, 1.54) is 5.56 Å². The summed E-state index contributed by atoms with van der Waals surface area (Å²) in [5, 5.41) is 8.63. The van der Waals surface area contributed by atoms with Crippen molar-refractivity contribution in [1.29, 1.82) is 0 Å². The number of benzene rings is 1. The lowest BCUT2D eigenvalue weighted by Crippen LogP contribution is -2.08. The largest absolute Gasteiger partial charge is 0.363 e.